The number of benzene rings is 1. The van der Waals surface area contributed by atoms with Crippen LogP contribution >= 0.6 is 0 Å². The van der Waals surface area contributed by atoms with E-state index in [9.17, 15) is 5.26 Å². The molecular formula is C16H18N4O. The normalized spacial score (nSPS) is 10.2. The van der Waals surface area contributed by atoms with Gasteiger partial charge in [-0.3, -0.25) is 0 Å². The van der Waals surface area contributed by atoms with Crippen molar-refractivity contribution >= 4 is 11.5 Å². The Morgan fingerprint density at radius 1 is 1.24 bits per heavy atom. The van der Waals surface area contributed by atoms with Crippen LogP contribution in [0.3, 0.4) is 0 Å². The molecule has 2 rings (SSSR count). The molecule has 0 atom stereocenters. The van der Waals surface area contributed by atoms with Crippen LogP contribution in [0.4, 0.5) is 11.5 Å². The minimum absolute atomic E-state index is 0.491. The topological polar surface area (TPSA) is 70.8 Å². The standard InChI is InChI=1S/C16H18N4O/c1-11-12(2)19-20-16(14(11)10-17)18-15-7-5-4-6-13(15)8-9-21-3/h4-7H,8-9H2,1-3H3,(H,18,20). The first kappa shape index (κ1) is 14.9. The van der Waals surface area contributed by atoms with Gasteiger partial charge < -0.3 is 10.1 Å². The van der Waals surface area contributed by atoms with Crippen molar-refractivity contribution in [3.05, 3.63) is 46.6 Å². The molecule has 0 aliphatic rings. The zero-order valence-corrected chi connectivity index (χ0v) is 12.5. The quantitative estimate of drug-likeness (QED) is 0.913. The van der Waals surface area contributed by atoms with E-state index in [4.69, 9.17) is 4.74 Å². The fourth-order valence-corrected chi connectivity index (χ4v) is 2.03. The number of para-hydroxylation sites is 1. The summed E-state index contributed by atoms with van der Waals surface area (Å²) in [7, 11) is 1.68. The predicted molar refractivity (Wildman–Crippen MR) is 81.5 cm³/mol. The van der Waals surface area contributed by atoms with E-state index in [2.05, 4.69) is 21.6 Å². The number of aryl methyl sites for hydroxylation is 1. The van der Waals surface area contributed by atoms with E-state index in [-0.39, 0.29) is 0 Å². The van der Waals surface area contributed by atoms with Crippen molar-refractivity contribution in [3.63, 3.8) is 0 Å². The molecule has 0 saturated carbocycles. The lowest BCUT2D eigenvalue weighted by molar-refractivity contribution is 0.202. The number of nitrogens with zero attached hydrogens (tertiary/aromatic N) is 3. The summed E-state index contributed by atoms with van der Waals surface area (Å²) in [5.41, 5.74) is 4.19. The van der Waals surface area contributed by atoms with Crippen LogP contribution in [0, 0.1) is 25.2 Å². The molecule has 108 valence electrons. The van der Waals surface area contributed by atoms with Gasteiger partial charge in [0.15, 0.2) is 5.82 Å². The molecule has 0 aliphatic carbocycles. The van der Waals surface area contributed by atoms with Crippen molar-refractivity contribution in [2.24, 2.45) is 0 Å². The van der Waals surface area contributed by atoms with E-state index in [0.29, 0.717) is 18.0 Å². The van der Waals surface area contributed by atoms with E-state index in [1.54, 1.807) is 7.11 Å². The number of rotatable bonds is 5. The van der Waals surface area contributed by atoms with Gasteiger partial charge in [0.25, 0.3) is 0 Å². The minimum atomic E-state index is 0.491. The van der Waals surface area contributed by atoms with E-state index in [1.807, 2.05) is 38.1 Å². The first-order chi connectivity index (χ1) is 10.2. The lowest BCUT2D eigenvalue weighted by atomic mass is 10.1. The minimum Gasteiger partial charge on any atom is -0.384 e. The highest BCUT2D eigenvalue weighted by molar-refractivity contribution is 5.66. The zero-order chi connectivity index (χ0) is 15.2. The molecule has 1 aromatic carbocycles. The van der Waals surface area contributed by atoms with Crippen molar-refractivity contribution in [3.8, 4) is 6.07 Å². The van der Waals surface area contributed by atoms with Gasteiger partial charge >= 0.3 is 0 Å². The summed E-state index contributed by atoms with van der Waals surface area (Å²) in [6.07, 6.45) is 0.792. The van der Waals surface area contributed by atoms with Gasteiger partial charge in [0.2, 0.25) is 0 Å². The number of nitrogens with one attached hydrogen (secondary N) is 1. The molecule has 0 unspecified atom stereocenters. The molecule has 21 heavy (non-hydrogen) atoms. The summed E-state index contributed by atoms with van der Waals surface area (Å²) in [5.74, 6) is 0.491. The van der Waals surface area contributed by atoms with Crippen LogP contribution in [-0.2, 0) is 11.2 Å². The summed E-state index contributed by atoms with van der Waals surface area (Å²) in [6, 6.07) is 10.1. The van der Waals surface area contributed by atoms with E-state index < -0.39 is 0 Å². The van der Waals surface area contributed by atoms with E-state index in [1.165, 1.54) is 0 Å². The third-order valence-electron chi connectivity index (χ3n) is 3.41. The van der Waals surface area contributed by atoms with Gasteiger partial charge in [-0.25, -0.2) is 0 Å². The van der Waals surface area contributed by atoms with Gasteiger partial charge in [0.1, 0.15) is 11.6 Å². The Balaban J connectivity index is 2.35. The Labute approximate surface area is 124 Å². The SMILES string of the molecule is COCCc1ccccc1Nc1nnc(C)c(C)c1C#N. The van der Waals surface area contributed by atoms with Crippen molar-refractivity contribution < 1.29 is 4.74 Å². The van der Waals surface area contributed by atoms with E-state index >= 15 is 0 Å². The monoisotopic (exact) mass is 282 g/mol. The van der Waals surface area contributed by atoms with Crippen molar-refractivity contribution in [1.29, 1.82) is 5.26 Å². The molecule has 2 aromatic rings. The Hall–Kier alpha value is -2.45. The molecule has 0 fully saturated rings. The highest BCUT2D eigenvalue weighted by Gasteiger charge is 2.12. The van der Waals surface area contributed by atoms with Crippen LogP contribution in [0.2, 0.25) is 0 Å². The third kappa shape index (κ3) is 3.36. The molecule has 1 aromatic heterocycles. The number of aromatic nitrogens is 2. The number of methoxy groups -OCH3 is 1. The first-order valence-corrected chi connectivity index (χ1v) is 6.75. The van der Waals surface area contributed by atoms with Crippen molar-refractivity contribution in [1.82, 2.24) is 10.2 Å². The Bertz CT molecular complexity index is 676. The maximum Gasteiger partial charge on any atom is 0.171 e. The average Bonchev–Trinajstić information content (AvgIpc) is 2.50. The van der Waals surface area contributed by atoms with Gasteiger partial charge in [0.05, 0.1) is 12.3 Å². The molecule has 0 amide bonds. The van der Waals surface area contributed by atoms with Gasteiger partial charge in [-0.1, -0.05) is 18.2 Å². The van der Waals surface area contributed by atoms with Crippen molar-refractivity contribution in [2.45, 2.75) is 20.3 Å². The maximum atomic E-state index is 9.33. The molecule has 0 bridgehead atoms. The number of ether oxygens (including phenoxy) is 1. The van der Waals surface area contributed by atoms with Crippen LogP contribution in [-0.4, -0.2) is 23.9 Å². The fourth-order valence-electron chi connectivity index (χ4n) is 2.03. The second kappa shape index (κ2) is 6.82. The number of nitriles is 1. The number of hydrogen-bond acceptors (Lipinski definition) is 5. The highest BCUT2D eigenvalue weighted by Crippen LogP contribution is 2.24. The first-order valence-electron chi connectivity index (χ1n) is 6.75. The molecule has 5 nitrogen and oxygen atoms in total. The molecule has 5 heteroatoms. The van der Waals surface area contributed by atoms with Gasteiger partial charge in [-0.15, -0.1) is 5.10 Å². The summed E-state index contributed by atoms with van der Waals surface area (Å²) in [5, 5.41) is 20.8. The van der Waals surface area contributed by atoms with E-state index in [0.717, 1.165) is 28.9 Å². The Morgan fingerprint density at radius 3 is 2.71 bits per heavy atom. The van der Waals surface area contributed by atoms with Gasteiger partial charge in [-0.05, 0) is 37.5 Å². The molecule has 1 heterocycles. The zero-order valence-electron chi connectivity index (χ0n) is 12.5. The van der Waals surface area contributed by atoms with Crippen LogP contribution in [0.1, 0.15) is 22.4 Å². The van der Waals surface area contributed by atoms with Gasteiger partial charge in [0, 0.05) is 12.8 Å². The maximum absolute atomic E-state index is 9.33. The molecule has 0 saturated heterocycles. The summed E-state index contributed by atoms with van der Waals surface area (Å²) >= 11 is 0. The molecular weight excluding hydrogens is 264 g/mol. The molecule has 0 spiro atoms. The lowest BCUT2D eigenvalue weighted by Gasteiger charge is -2.13. The lowest BCUT2D eigenvalue weighted by Crippen LogP contribution is -2.06. The van der Waals surface area contributed by atoms with Crippen LogP contribution < -0.4 is 5.32 Å². The molecule has 1 N–H and O–H groups in total. The van der Waals surface area contributed by atoms with Crippen molar-refractivity contribution in [2.75, 3.05) is 19.0 Å². The average molecular weight is 282 g/mol. The fraction of sp³-hybridized carbons (Fsp3) is 0.312. The van der Waals surface area contributed by atoms with Gasteiger partial charge in [-0.2, -0.15) is 10.4 Å². The smallest absolute Gasteiger partial charge is 0.171 e. The number of hydrogen-bond donors (Lipinski definition) is 1. The molecule has 0 radical (unpaired) electrons. The summed E-state index contributed by atoms with van der Waals surface area (Å²) in [6.45, 7) is 4.37. The Morgan fingerprint density at radius 2 is 2.00 bits per heavy atom. The second-order valence-electron chi connectivity index (χ2n) is 4.77. The number of anilines is 2. The summed E-state index contributed by atoms with van der Waals surface area (Å²) in [4.78, 5) is 0. The summed E-state index contributed by atoms with van der Waals surface area (Å²) < 4.78 is 5.12. The van der Waals surface area contributed by atoms with Crippen LogP contribution in [0.15, 0.2) is 24.3 Å². The van der Waals surface area contributed by atoms with Crippen LogP contribution in [0.25, 0.3) is 0 Å². The highest BCUT2D eigenvalue weighted by atomic mass is 16.5. The molecule has 0 aliphatic heterocycles. The predicted octanol–water partition coefficient (Wildman–Crippen LogP) is 2.90. The van der Waals surface area contributed by atoms with Crippen LogP contribution in [0.5, 0.6) is 0 Å². The largest absolute Gasteiger partial charge is 0.384 e. The Kier molecular flexibility index (Phi) is 4.85. The second-order valence-corrected chi connectivity index (χ2v) is 4.77. The third-order valence-corrected chi connectivity index (χ3v) is 3.41.